The van der Waals surface area contributed by atoms with E-state index >= 15 is 0 Å². The molecule has 0 aliphatic carbocycles. The van der Waals surface area contributed by atoms with E-state index in [4.69, 9.17) is 14.2 Å². The van der Waals surface area contributed by atoms with Gasteiger partial charge in [-0.25, -0.2) is 0 Å². The molecule has 1 aromatic rings. The van der Waals surface area contributed by atoms with Crippen LogP contribution in [-0.4, -0.2) is 31.1 Å². The van der Waals surface area contributed by atoms with Gasteiger partial charge >= 0.3 is 17.9 Å². The van der Waals surface area contributed by atoms with Crippen molar-refractivity contribution < 1.29 is 28.6 Å². The zero-order chi connectivity index (χ0) is 18.7. The van der Waals surface area contributed by atoms with Gasteiger partial charge in [0.25, 0.3) is 0 Å². The molecule has 0 radical (unpaired) electrons. The predicted molar refractivity (Wildman–Crippen MR) is 91.3 cm³/mol. The van der Waals surface area contributed by atoms with Crippen molar-refractivity contribution in [3.05, 3.63) is 59.7 Å². The summed E-state index contributed by atoms with van der Waals surface area (Å²) in [4.78, 5) is 33.7. The first-order valence-corrected chi connectivity index (χ1v) is 7.72. The zero-order valence-electron chi connectivity index (χ0n) is 14.4. The summed E-state index contributed by atoms with van der Waals surface area (Å²) in [6.45, 7) is 6.43. The van der Waals surface area contributed by atoms with Gasteiger partial charge in [-0.3, -0.25) is 14.4 Å². The van der Waals surface area contributed by atoms with Crippen molar-refractivity contribution in [1.29, 1.82) is 0 Å². The van der Waals surface area contributed by atoms with Crippen LogP contribution in [0.25, 0.3) is 0 Å². The van der Waals surface area contributed by atoms with Crippen LogP contribution < -0.4 is 0 Å². The summed E-state index contributed by atoms with van der Waals surface area (Å²) in [6, 6.07) is 9.31. The molecule has 0 aliphatic rings. The van der Waals surface area contributed by atoms with E-state index in [1.165, 1.54) is 13.8 Å². The first-order chi connectivity index (χ1) is 11.9. The van der Waals surface area contributed by atoms with Crippen LogP contribution in [-0.2, 0) is 35.2 Å². The molecule has 0 spiro atoms. The molecule has 0 N–H and O–H groups in total. The molecule has 25 heavy (non-hydrogen) atoms. The van der Waals surface area contributed by atoms with Crippen molar-refractivity contribution in [2.45, 2.75) is 26.9 Å². The van der Waals surface area contributed by atoms with Crippen LogP contribution >= 0.6 is 0 Å². The number of ether oxygens (including phenoxy) is 3. The molecular weight excluding hydrogens is 324 g/mol. The Morgan fingerprint density at radius 2 is 1.56 bits per heavy atom. The fourth-order valence-corrected chi connectivity index (χ4v) is 1.77. The molecule has 0 atom stereocenters. The molecule has 1 aromatic carbocycles. The third-order valence-corrected chi connectivity index (χ3v) is 3.09. The molecule has 6 nitrogen and oxygen atoms in total. The lowest BCUT2D eigenvalue weighted by molar-refractivity contribution is -0.144. The fourth-order valence-electron chi connectivity index (χ4n) is 1.77. The minimum absolute atomic E-state index is 0.0114. The van der Waals surface area contributed by atoms with Crippen LogP contribution in [0, 0.1) is 0 Å². The highest BCUT2D eigenvalue weighted by Gasteiger charge is 2.09. The zero-order valence-corrected chi connectivity index (χ0v) is 14.4. The van der Waals surface area contributed by atoms with Crippen molar-refractivity contribution in [2.24, 2.45) is 0 Å². The Morgan fingerprint density at radius 1 is 0.960 bits per heavy atom. The minimum Gasteiger partial charge on any atom is -0.461 e. The van der Waals surface area contributed by atoms with E-state index in [0.29, 0.717) is 11.1 Å². The van der Waals surface area contributed by atoms with Crippen molar-refractivity contribution >= 4 is 17.9 Å². The monoisotopic (exact) mass is 346 g/mol. The highest BCUT2D eigenvalue weighted by Crippen LogP contribution is 2.12. The lowest BCUT2D eigenvalue weighted by Crippen LogP contribution is -2.11. The molecular formula is C19H22O6. The molecule has 0 heterocycles. The van der Waals surface area contributed by atoms with E-state index in [0.717, 1.165) is 5.56 Å². The first kappa shape index (κ1) is 20.2. The quantitative estimate of drug-likeness (QED) is 0.389. The fraction of sp³-hybridized carbons (Fsp3) is 0.316. The number of carbonyl (C=O) groups excluding carboxylic acids is 3. The molecule has 6 heteroatoms. The van der Waals surface area contributed by atoms with E-state index in [1.54, 1.807) is 6.08 Å². The molecule has 0 saturated heterocycles. The lowest BCUT2D eigenvalue weighted by Gasteiger charge is -2.11. The summed E-state index contributed by atoms with van der Waals surface area (Å²) in [7, 11) is 0. The molecule has 134 valence electrons. The van der Waals surface area contributed by atoms with Gasteiger partial charge in [-0.2, -0.15) is 0 Å². The predicted octanol–water partition coefficient (Wildman–Crippen LogP) is 2.73. The Balaban J connectivity index is 2.59. The van der Waals surface area contributed by atoms with Crippen molar-refractivity contribution in [3.63, 3.8) is 0 Å². The van der Waals surface area contributed by atoms with Crippen LogP contribution in [0.5, 0.6) is 0 Å². The Bertz CT molecular complexity index is 645. The average molecular weight is 346 g/mol. The second-order valence-corrected chi connectivity index (χ2v) is 5.24. The van der Waals surface area contributed by atoms with E-state index in [-0.39, 0.29) is 26.2 Å². The molecule has 0 aromatic heterocycles. The topological polar surface area (TPSA) is 78.9 Å². The van der Waals surface area contributed by atoms with Crippen LogP contribution in [0.2, 0.25) is 0 Å². The third-order valence-electron chi connectivity index (χ3n) is 3.09. The smallest absolute Gasteiger partial charge is 0.309 e. The van der Waals surface area contributed by atoms with Crippen molar-refractivity contribution in [2.75, 3.05) is 13.2 Å². The van der Waals surface area contributed by atoms with Crippen LogP contribution in [0.3, 0.4) is 0 Å². The van der Waals surface area contributed by atoms with Crippen LogP contribution in [0.1, 0.15) is 25.8 Å². The number of rotatable bonds is 9. The number of esters is 3. The Hall–Kier alpha value is -2.89. The molecule has 0 fully saturated rings. The number of benzene rings is 1. The van der Waals surface area contributed by atoms with Gasteiger partial charge in [0.05, 0.1) is 6.42 Å². The molecule has 0 unspecified atom stereocenters. The van der Waals surface area contributed by atoms with E-state index in [9.17, 15) is 14.4 Å². The van der Waals surface area contributed by atoms with Crippen LogP contribution in [0.4, 0.5) is 0 Å². The van der Waals surface area contributed by atoms with Gasteiger partial charge < -0.3 is 14.2 Å². The molecule has 0 amide bonds. The summed E-state index contributed by atoms with van der Waals surface area (Å²) in [5, 5.41) is 0. The van der Waals surface area contributed by atoms with Gasteiger partial charge in [0, 0.05) is 13.8 Å². The molecule has 1 rings (SSSR count). The maximum atomic E-state index is 11.9. The Kier molecular flexibility index (Phi) is 8.71. The molecule has 0 saturated carbocycles. The minimum atomic E-state index is -0.460. The largest absolute Gasteiger partial charge is 0.461 e. The van der Waals surface area contributed by atoms with Gasteiger partial charge in [-0.1, -0.05) is 43.0 Å². The van der Waals surface area contributed by atoms with E-state index in [1.807, 2.05) is 30.3 Å². The Labute approximate surface area is 147 Å². The second kappa shape index (κ2) is 10.8. The summed E-state index contributed by atoms with van der Waals surface area (Å²) >= 11 is 0. The van der Waals surface area contributed by atoms with E-state index in [2.05, 4.69) is 6.58 Å². The Morgan fingerprint density at radius 3 is 2.16 bits per heavy atom. The van der Waals surface area contributed by atoms with Gasteiger partial charge in [0.1, 0.15) is 19.8 Å². The van der Waals surface area contributed by atoms with Crippen molar-refractivity contribution in [3.8, 4) is 0 Å². The standard InChI is InChI=1S/C19H22O6/c1-14(11-23-15(2)20)18(13-24-16(3)21)9-10-19(22)25-12-17-7-5-4-6-8-17/h4-9H,1,10-13H2,2-3H3/b18-9-. The summed E-state index contributed by atoms with van der Waals surface area (Å²) < 4.78 is 15.0. The number of hydrogen-bond acceptors (Lipinski definition) is 6. The number of hydrogen-bond donors (Lipinski definition) is 0. The normalized spacial score (nSPS) is 10.7. The summed E-state index contributed by atoms with van der Waals surface area (Å²) in [6.07, 6.45) is 1.55. The first-order valence-electron chi connectivity index (χ1n) is 7.72. The van der Waals surface area contributed by atoms with E-state index < -0.39 is 17.9 Å². The third kappa shape index (κ3) is 9.10. The lowest BCUT2D eigenvalue weighted by atomic mass is 10.1. The highest BCUT2D eigenvalue weighted by molar-refractivity contribution is 5.72. The average Bonchev–Trinajstić information content (AvgIpc) is 2.58. The van der Waals surface area contributed by atoms with Crippen LogP contribution in [0.15, 0.2) is 54.1 Å². The number of carbonyl (C=O) groups is 3. The van der Waals surface area contributed by atoms with Gasteiger partial charge in [0.2, 0.25) is 0 Å². The SMILES string of the molecule is C=C(COC(C)=O)/C(=C\CC(=O)OCc1ccccc1)COC(C)=O. The molecule has 0 bridgehead atoms. The second-order valence-electron chi connectivity index (χ2n) is 5.24. The highest BCUT2D eigenvalue weighted by atomic mass is 16.5. The maximum absolute atomic E-state index is 11.9. The van der Waals surface area contributed by atoms with Gasteiger partial charge in [-0.05, 0) is 16.7 Å². The van der Waals surface area contributed by atoms with Gasteiger partial charge in [-0.15, -0.1) is 0 Å². The molecule has 0 aliphatic heterocycles. The van der Waals surface area contributed by atoms with Gasteiger partial charge in [0.15, 0.2) is 0 Å². The van der Waals surface area contributed by atoms with Crippen molar-refractivity contribution in [1.82, 2.24) is 0 Å². The summed E-state index contributed by atoms with van der Waals surface area (Å²) in [5.74, 6) is -1.34. The summed E-state index contributed by atoms with van der Waals surface area (Å²) in [5.41, 5.74) is 1.85. The maximum Gasteiger partial charge on any atom is 0.309 e.